The van der Waals surface area contributed by atoms with Crippen LogP contribution in [-0.2, 0) is 20.9 Å². The summed E-state index contributed by atoms with van der Waals surface area (Å²) in [6.45, 7) is 2.90. The van der Waals surface area contributed by atoms with Gasteiger partial charge in [0.05, 0.1) is 7.11 Å². The number of hydrogen-bond acceptors (Lipinski definition) is 6. The molecule has 0 bridgehead atoms. The highest BCUT2D eigenvalue weighted by Crippen LogP contribution is 2.09. The summed E-state index contributed by atoms with van der Waals surface area (Å²) < 4.78 is 12.2. The van der Waals surface area contributed by atoms with Crippen LogP contribution in [0.25, 0.3) is 6.08 Å². The second-order valence-corrected chi connectivity index (χ2v) is 6.22. The van der Waals surface area contributed by atoms with Crippen molar-refractivity contribution in [3.05, 3.63) is 19.7 Å². The molecule has 7 nitrogen and oxygen atoms in total. The number of fused-ring (bicyclic) bond motifs is 1. The molecule has 8 heteroatoms. The highest BCUT2D eigenvalue weighted by atomic mass is 32.1. The zero-order chi connectivity index (χ0) is 14.8. The van der Waals surface area contributed by atoms with Gasteiger partial charge in [-0.2, -0.15) is 0 Å². The minimum absolute atomic E-state index is 0.173. The maximum absolute atomic E-state index is 12.3. The van der Waals surface area contributed by atoms with Crippen LogP contribution in [-0.4, -0.2) is 43.6 Å². The van der Waals surface area contributed by atoms with E-state index in [1.54, 1.807) is 4.57 Å². The van der Waals surface area contributed by atoms with Crippen molar-refractivity contribution in [3.63, 3.8) is 0 Å². The number of quaternary nitrogens is 1. The summed E-state index contributed by atoms with van der Waals surface area (Å²) in [6.07, 6.45) is 3.69. The first-order chi connectivity index (χ1) is 10.2. The van der Waals surface area contributed by atoms with Crippen LogP contribution in [0.15, 0.2) is 9.79 Å². The van der Waals surface area contributed by atoms with Crippen LogP contribution in [0.1, 0.15) is 12.8 Å². The second-order valence-electron chi connectivity index (χ2n) is 5.21. The van der Waals surface area contributed by atoms with E-state index in [0.29, 0.717) is 22.7 Å². The van der Waals surface area contributed by atoms with Gasteiger partial charge in [-0.05, 0) is 12.8 Å². The lowest BCUT2D eigenvalue weighted by atomic mass is 10.2. The predicted octanol–water partition coefficient (Wildman–Crippen LogP) is -2.52. The minimum Gasteiger partial charge on any atom is -0.466 e. The van der Waals surface area contributed by atoms with Crippen molar-refractivity contribution in [1.82, 2.24) is 4.57 Å². The van der Waals surface area contributed by atoms with Crippen LogP contribution in [0.4, 0.5) is 0 Å². The number of esters is 1. The van der Waals surface area contributed by atoms with Gasteiger partial charge in [0.1, 0.15) is 17.2 Å². The van der Waals surface area contributed by atoms with Crippen LogP contribution in [0.5, 0.6) is 0 Å². The average Bonchev–Trinajstić information content (AvgIpc) is 3.09. The van der Waals surface area contributed by atoms with E-state index in [1.807, 2.05) is 0 Å². The number of aromatic nitrogens is 1. The molecule has 21 heavy (non-hydrogen) atoms. The van der Waals surface area contributed by atoms with Gasteiger partial charge in [0.2, 0.25) is 0 Å². The standard InChI is InChI=1S/C13H17N3O4S/c1-19-11(17)5-10-12(18)16-8-15(7-14-13(16)21-10)6-9-3-2-4-20-9/h5,9H,2-4,6-8H2,1H3/p+1/b10-5-/t9-/m0/s1. The summed E-state index contributed by atoms with van der Waals surface area (Å²) in [5.74, 6) is -0.519. The second kappa shape index (κ2) is 6.08. The Morgan fingerprint density at radius 1 is 1.67 bits per heavy atom. The molecule has 1 saturated heterocycles. The normalized spacial score (nSPS) is 25.5. The average molecular weight is 312 g/mol. The fourth-order valence-corrected chi connectivity index (χ4v) is 3.58. The highest BCUT2D eigenvalue weighted by Gasteiger charge is 2.25. The zero-order valence-corrected chi connectivity index (χ0v) is 12.6. The molecular formula is C13H18N3O4S+. The maximum atomic E-state index is 12.3. The van der Waals surface area contributed by atoms with Gasteiger partial charge in [0.15, 0.2) is 18.1 Å². The molecular weight excluding hydrogens is 294 g/mol. The van der Waals surface area contributed by atoms with E-state index >= 15 is 0 Å². The first kappa shape index (κ1) is 14.4. The van der Waals surface area contributed by atoms with E-state index in [4.69, 9.17) is 4.74 Å². The Balaban J connectivity index is 1.81. The number of nitrogens with one attached hydrogen (secondary N) is 1. The van der Waals surface area contributed by atoms with Crippen LogP contribution in [0.3, 0.4) is 0 Å². The van der Waals surface area contributed by atoms with Crippen LogP contribution in [0.2, 0.25) is 0 Å². The third-order valence-electron chi connectivity index (χ3n) is 3.70. The van der Waals surface area contributed by atoms with Crippen molar-refractivity contribution in [2.75, 3.05) is 26.9 Å². The van der Waals surface area contributed by atoms with Crippen molar-refractivity contribution < 1.29 is 19.2 Å². The number of carbonyl (C=O) groups is 1. The zero-order valence-electron chi connectivity index (χ0n) is 11.8. The van der Waals surface area contributed by atoms with Crippen molar-refractivity contribution in [1.29, 1.82) is 0 Å². The smallest absolute Gasteiger partial charge is 0.332 e. The number of nitrogens with zero attached hydrogens (tertiary/aromatic N) is 2. The first-order valence-electron chi connectivity index (χ1n) is 6.96. The number of rotatable bonds is 3. The quantitative estimate of drug-likeness (QED) is 0.625. The Kier molecular flexibility index (Phi) is 4.18. The molecule has 3 rings (SSSR count). The first-order valence-corrected chi connectivity index (χ1v) is 7.78. The Bertz CT molecular complexity index is 702. The summed E-state index contributed by atoms with van der Waals surface area (Å²) >= 11 is 1.23. The maximum Gasteiger partial charge on any atom is 0.332 e. The fourth-order valence-electron chi connectivity index (χ4n) is 2.64. The summed E-state index contributed by atoms with van der Waals surface area (Å²) in [4.78, 5) is 29.9. The van der Waals surface area contributed by atoms with Gasteiger partial charge in [-0.25, -0.2) is 14.4 Å². The predicted molar refractivity (Wildman–Crippen MR) is 75.5 cm³/mol. The molecule has 114 valence electrons. The lowest BCUT2D eigenvalue weighted by molar-refractivity contribution is -0.927. The van der Waals surface area contributed by atoms with Gasteiger partial charge in [0.25, 0.3) is 5.56 Å². The van der Waals surface area contributed by atoms with Crippen molar-refractivity contribution in [2.45, 2.75) is 25.6 Å². The largest absolute Gasteiger partial charge is 0.466 e. The van der Waals surface area contributed by atoms with Gasteiger partial charge >= 0.3 is 5.97 Å². The van der Waals surface area contributed by atoms with E-state index in [-0.39, 0.29) is 11.7 Å². The molecule has 1 aromatic rings. The van der Waals surface area contributed by atoms with Gasteiger partial charge < -0.3 is 9.47 Å². The number of carbonyl (C=O) groups excluding carboxylic acids is 1. The molecule has 2 aliphatic rings. The molecule has 1 unspecified atom stereocenters. The molecule has 0 saturated carbocycles. The SMILES string of the molecule is COC(=O)/C=c1\sc2n(c1=O)C[NH+](C[C@@H]1CCCO1)CN=2. The van der Waals surface area contributed by atoms with E-state index in [2.05, 4.69) is 9.73 Å². The van der Waals surface area contributed by atoms with Crippen LogP contribution < -0.4 is 19.8 Å². The molecule has 3 heterocycles. The molecule has 1 aromatic heterocycles. The van der Waals surface area contributed by atoms with Gasteiger partial charge in [-0.15, -0.1) is 0 Å². The Hall–Kier alpha value is -1.51. The Morgan fingerprint density at radius 2 is 2.52 bits per heavy atom. The molecule has 0 aliphatic carbocycles. The molecule has 2 atom stereocenters. The molecule has 0 spiro atoms. The molecule has 1 fully saturated rings. The van der Waals surface area contributed by atoms with E-state index < -0.39 is 5.97 Å². The highest BCUT2D eigenvalue weighted by molar-refractivity contribution is 7.07. The van der Waals surface area contributed by atoms with Gasteiger partial charge in [-0.3, -0.25) is 9.69 Å². The van der Waals surface area contributed by atoms with Crippen molar-refractivity contribution in [3.8, 4) is 0 Å². The van der Waals surface area contributed by atoms with E-state index in [9.17, 15) is 9.59 Å². The Labute approximate surface area is 125 Å². The number of methoxy groups -OCH3 is 1. The van der Waals surface area contributed by atoms with Crippen LogP contribution >= 0.6 is 11.3 Å². The number of ether oxygens (including phenoxy) is 2. The molecule has 0 aromatic carbocycles. The monoisotopic (exact) mass is 312 g/mol. The lowest BCUT2D eigenvalue weighted by Gasteiger charge is -2.22. The third-order valence-corrected chi connectivity index (χ3v) is 4.74. The third kappa shape index (κ3) is 3.07. The lowest BCUT2D eigenvalue weighted by Crippen LogP contribution is -3.13. The summed E-state index contributed by atoms with van der Waals surface area (Å²) in [5, 5.41) is 0. The fraction of sp³-hybridized carbons (Fsp3) is 0.615. The van der Waals surface area contributed by atoms with Crippen LogP contribution in [0, 0.1) is 0 Å². The number of hydrogen-bond donors (Lipinski definition) is 1. The van der Waals surface area contributed by atoms with Gasteiger partial charge in [0, 0.05) is 12.7 Å². The molecule has 0 radical (unpaired) electrons. The van der Waals surface area contributed by atoms with E-state index in [0.717, 1.165) is 26.0 Å². The summed E-state index contributed by atoms with van der Waals surface area (Å²) in [7, 11) is 1.29. The minimum atomic E-state index is -0.519. The van der Waals surface area contributed by atoms with E-state index in [1.165, 1.54) is 29.4 Å². The summed E-state index contributed by atoms with van der Waals surface area (Å²) in [5.41, 5.74) is -0.173. The van der Waals surface area contributed by atoms with Crippen molar-refractivity contribution >= 4 is 23.4 Å². The summed E-state index contributed by atoms with van der Waals surface area (Å²) in [6, 6.07) is 0. The number of thiazole rings is 1. The molecule has 0 amide bonds. The topological polar surface area (TPSA) is 74.3 Å². The van der Waals surface area contributed by atoms with Crippen molar-refractivity contribution in [2.24, 2.45) is 4.99 Å². The molecule has 1 N–H and O–H groups in total. The molecule has 2 aliphatic heterocycles. The van der Waals surface area contributed by atoms with Gasteiger partial charge in [-0.1, -0.05) is 11.3 Å². The Morgan fingerprint density at radius 3 is 3.24 bits per heavy atom.